The van der Waals surface area contributed by atoms with Gasteiger partial charge in [-0.05, 0) is 126 Å². The molecule has 4 aliphatic heterocycles. The van der Waals surface area contributed by atoms with Gasteiger partial charge in [0.15, 0.2) is 23.0 Å². The van der Waals surface area contributed by atoms with Crippen LogP contribution in [0.3, 0.4) is 0 Å². The van der Waals surface area contributed by atoms with Crippen molar-refractivity contribution in [2.24, 2.45) is 10.8 Å². The van der Waals surface area contributed by atoms with Crippen LogP contribution in [-0.2, 0) is 51.0 Å². The number of carbonyl (C=O) groups excluding carboxylic acids is 2. The molecule has 16 heteroatoms. The first-order valence-corrected chi connectivity index (χ1v) is 24.8. The average molecular weight is 1000 g/mol. The number of Topliss-reactive ketones (excluding diaryl/α,β-unsaturated/α-hetero) is 2. The summed E-state index contributed by atoms with van der Waals surface area (Å²) in [4.78, 5) is 35.0. The lowest BCUT2D eigenvalue weighted by Crippen LogP contribution is -2.42. The molecule has 2 saturated carbocycles. The van der Waals surface area contributed by atoms with Gasteiger partial charge in [0.25, 0.3) is 0 Å². The third-order valence-corrected chi connectivity index (χ3v) is 14.8. The lowest BCUT2D eigenvalue weighted by atomic mass is 9.84. The highest BCUT2D eigenvalue weighted by molar-refractivity contribution is 6.18. The molecule has 10 rings (SSSR count). The molecule has 2 unspecified atom stereocenters. The number of nitrogens with zero attached hydrogens (tertiary/aromatic N) is 3. The quantitative estimate of drug-likeness (QED) is 0.0594. The van der Waals surface area contributed by atoms with Crippen molar-refractivity contribution in [2.45, 2.75) is 142 Å². The number of alkyl halides is 5. The van der Waals surface area contributed by atoms with Gasteiger partial charge in [0.1, 0.15) is 11.6 Å². The Kier molecular flexibility index (Phi) is 14.2. The third-order valence-electron chi connectivity index (χ3n) is 14.6. The summed E-state index contributed by atoms with van der Waals surface area (Å²) in [5, 5.41) is 16.5. The zero-order valence-corrected chi connectivity index (χ0v) is 42.1. The molecule has 2 aliphatic carbocycles. The van der Waals surface area contributed by atoms with Gasteiger partial charge in [0.05, 0.1) is 29.9 Å². The highest BCUT2D eigenvalue weighted by Gasteiger charge is 2.54. The number of halogens is 5. The second-order valence-corrected chi connectivity index (χ2v) is 21.9. The lowest BCUT2D eigenvalue weighted by Gasteiger charge is -2.36. The van der Waals surface area contributed by atoms with Crippen molar-refractivity contribution in [3.05, 3.63) is 106 Å². The Morgan fingerprint density at radius 2 is 1.07 bits per heavy atom. The number of hydrogen-bond acceptors (Lipinski definition) is 11. The van der Waals surface area contributed by atoms with Crippen molar-refractivity contribution >= 4 is 34.5 Å². The molecule has 0 saturated heterocycles. The first kappa shape index (κ1) is 51.8. The van der Waals surface area contributed by atoms with Gasteiger partial charge in [0, 0.05) is 55.3 Å². The highest BCUT2D eigenvalue weighted by Crippen LogP contribution is 2.54. The van der Waals surface area contributed by atoms with Crippen molar-refractivity contribution < 1.29 is 56.2 Å². The summed E-state index contributed by atoms with van der Waals surface area (Å²) in [5.41, 5.74) is 7.04. The Labute approximate surface area is 417 Å². The Morgan fingerprint density at radius 3 is 1.42 bits per heavy atom. The summed E-state index contributed by atoms with van der Waals surface area (Å²) in [6.45, 7) is 16.9. The molecule has 0 amide bonds. The van der Waals surface area contributed by atoms with E-state index in [1.165, 1.54) is 41.1 Å². The number of ether oxygens (including phenoxy) is 4. The van der Waals surface area contributed by atoms with E-state index >= 15 is 0 Å². The largest absolute Gasteiger partial charge is 0.586 e. The van der Waals surface area contributed by atoms with E-state index in [0.29, 0.717) is 75.2 Å². The molecule has 2 fully saturated rings. The van der Waals surface area contributed by atoms with E-state index in [9.17, 15) is 27.2 Å². The van der Waals surface area contributed by atoms with Crippen LogP contribution in [0.15, 0.2) is 72.8 Å². The van der Waals surface area contributed by atoms with Gasteiger partial charge in [-0.2, -0.15) is 5.26 Å². The van der Waals surface area contributed by atoms with E-state index in [0.717, 1.165) is 41.8 Å². The van der Waals surface area contributed by atoms with Gasteiger partial charge in [-0.3, -0.25) is 14.8 Å². The standard InChI is InChI=1S/C27H28F2N2O3.C26H28ClF2NO3.C2H6O2/c1-25(2,3)23-15-18-13-17(5-7-20(18)31(23)12-4-11-30)14-24(32)26(9-10-26)19-6-8-21-22(16-19)34-27(28,29)33-21;1-24(2,3)22-14-17-12-16(4-6-19(17)30(22)11-10-27)13-23(31)25(8-9-25)18-5-7-20-21(15-18)33-26(28,29)32-20;1-2-4-3/h5-8,13,16,23H,4,9-10,12,14-15H2,1-3H3;4-7,12,15,22H,8-11,13-14H2,1-3H3;3H,2H2,1H3. The smallest absolute Gasteiger partial charge is 0.395 e. The molecule has 2 atom stereocenters. The number of benzene rings is 4. The molecule has 0 aromatic heterocycles. The summed E-state index contributed by atoms with van der Waals surface area (Å²) in [7, 11) is 0. The molecule has 0 bridgehead atoms. The SMILES string of the molecule is CC(C)(C)C1Cc2cc(CC(=O)C3(c4ccc5c(c4)OC(F)(F)O5)CC3)ccc2N1CCC#N.CC(C)(C)C1Cc2cc(CC(=O)C3(c4ccc5c(c4)OC(F)(F)O5)CC3)ccc2N1CCCl.CCOO. The molecular weight excluding hydrogens is 942 g/mol. The Bertz CT molecular complexity index is 2700. The van der Waals surface area contributed by atoms with Gasteiger partial charge < -0.3 is 28.7 Å². The van der Waals surface area contributed by atoms with E-state index in [1.54, 1.807) is 19.1 Å². The van der Waals surface area contributed by atoms with Crippen LogP contribution in [0.2, 0.25) is 0 Å². The maximum Gasteiger partial charge on any atom is 0.586 e. The minimum atomic E-state index is -3.67. The first-order valence-electron chi connectivity index (χ1n) is 24.3. The fourth-order valence-corrected chi connectivity index (χ4v) is 10.8. The Balaban J connectivity index is 0.000000177. The van der Waals surface area contributed by atoms with Crippen molar-refractivity contribution in [2.75, 3.05) is 35.4 Å². The number of hydrogen-bond donors (Lipinski definition) is 1. The molecule has 71 heavy (non-hydrogen) atoms. The van der Waals surface area contributed by atoms with Crippen molar-refractivity contribution in [3.8, 4) is 29.1 Å². The van der Waals surface area contributed by atoms with Crippen LogP contribution in [0.4, 0.5) is 28.9 Å². The van der Waals surface area contributed by atoms with Crippen molar-refractivity contribution in [1.29, 1.82) is 5.26 Å². The molecule has 4 aromatic carbocycles. The van der Waals surface area contributed by atoms with E-state index in [-0.39, 0.29) is 51.8 Å². The predicted molar refractivity (Wildman–Crippen MR) is 261 cm³/mol. The number of carbonyl (C=O) groups is 2. The maximum absolute atomic E-state index is 13.4. The van der Waals surface area contributed by atoms with E-state index in [2.05, 4.69) is 106 Å². The Morgan fingerprint density at radius 1 is 0.676 bits per heavy atom. The molecule has 380 valence electrons. The first-order chi connectivity index (χ1) is 33.5. The molecule has 0 spiro atoms. The molecule has 4 heterocycles. The minimum Gasteiger partial charge on any atom is -0.395 e. The minimum absolute atomic E-state index is 0.000485. The molecular formula is C55H62ClF4N3O8. The molecule has 0 radical (unpaired) electrons. The highest BCUT2D eigenvalue weighted by atomic mass is 35.5. The van der Waals surface area contributed by atoms with E-state index in [1.807, 2.05) is 12.1 Å². The van der Waals surface area contributed by atoms with Crippen LogP contribution in [-0.4, -0.2) is 67.1 Å². The maximum atomic E-state index is 13.4. The number of fused-ring (bicyclic) bond motifs is 4. The van der Waals surface area contributed by atoms with Gasteiger partial charge in [0.2, 0.25) is 0 Å². The van der Waals surface area contributed by atoms with E-state index in [4.69, 9.17) is 22.1 Å². The van der Waals surface area contributed by atoms with Crippen molar-refractivity contribution in [3.63, 3.8) is 0 Å². The number of nitriles is 1. The van der Waals surface area contributed by atoms with Gasteiger partial charge in [-0.1, -0.05) is 77.9 Å². The van der Waals surface area contributed by atoms with Gasteiger partial charge in [-0.15, -0.1) is 29.2 Å². The fourth-order valence-electron chi connectivity index (χ4n) is 10.6. The average Bonchev–Trinajstić information content (AvgIpc) is 4.16. The fraction of sp³-hybridized carbons (Fsp3) is 0.509. The third kappa shape index (κ3) is 10.8. The number of rotatable bonds is 13. The summed E-state index contributed by atoms with van der Waals surface area (Å²) in [5.74, 6) is 0.716. The van der Waals surface area contributed by atoms with Gasteiger partial charge >= 0.3 is 12.6 Å². The van der Waals surface area contributed by atoms with E-state index < -0.39 is 23.4 Å². The van der Waals surface area contributed by atoms with Crippen molar-refractivity contribution in [1.82, 2.24) is 0 Å². The van der Waals surface area contributed by atoms with Crippen LogP contribution in [0.25, 0.3) is 0 Å². The predicted octanol–water partition coefficient (Wildman–Crippen LogP) is 11.9. The topological polar surface area (TPSA) is 131 Å². The summed E-state index contributed by atoms with van der Waals surface area (Å²) < 4.78 is 71.7. The van der Waals surface area contributed by atoms with Crippen LogP contribution in [0.1, 0.15) is 114 Å². The second-order valence-electron chi connectivity index (χ2n) is 21.5. The monoisotopic (exact) mass is 1000 g/mol. The lowest BCUT2D eigenvalue weighted by molar-refractivity contribution is -0.287. The summed E-state index contributed by atoms with van der Waals surface area (Å²) >= 11 is 6.09. The number of ketones is 2. The summed E-state index contributed by atoms with van der Waals surface area (Å²) in [6, 6.07) is 24.7. The molecule has 4 aromatic rings. The number of anilines is 2. The van der Waals surface area contributed by atoms with Crippen LogP contribution in [0, 0.1) is 22.2 Å². The summed E-state index contributed by atoms with van der Waals surface area (Å²) in [6.07, 6.45) is -1.63. The van der Waals surface area contributed by atoms with Crippen LogP contribution < -0.4 is 28.7 Å². The molecule has 11 nitrogen and oxygen atoms in total. The Hall–Kier alpha value is -5.56. The zero-order valence-electron chi connectivity index (χ0n) is 41.3. The normalized spacial score (nSPS) is 20.7. The zero-order chi connectivity index (χ0) is 51.3. The molecule has 1 N–H and O–H groups in total. The van der Waals surface area contributed by atoms with Crippen LogP contribution >= 0.6 is 11.6 Å². The van der Waals surface area contributed by atoms with Crippen LogP contribution in [0.5, 0.6) is 23.0 Å². The second kappa shape index (κ2) is 19.5. The molecule has 6 aliphatic rings. The van der Waals surface area contributed by atoms with Gasteiger partial charge in [-0.25, -0.2) is 4.89 Å².